The molecule has 2 N–H and O–H groups in total. The number of phenols is 1. The van der Waals surface area contributed by atoms with Gasteiger partial charge in [0.15, 0.2) is 28.9 Å². The topological polar surface area (TPSA) is 102 Å². The van der Waals surface area contributed by atoms with Crippen LogP contribution < -0.4 is 9.47 Å². The number of methoxy groups -OCH3 is 2. The zero-order valence-electron chi connectivity index (χ0n) is 13.1. The number of ketones is 2. The highest BCUT2D eigenvalue weighted by atomic mass is 16.6. The third-order valence-corrected chi connectivity index (χ3v) is 4.49. The molecule has 0 saturated carbocycles. The fourth-order valence-electron chi connectivity index (χ4n) is 3.33. The Bertz CT molecular complexity index is 692. The summed E-state index contributed by atoms with van der Waals surface area (Å²) in [4.78, 5) is 25.6. The van der Waals surface area contributed by atoms with Crippen molar-refractivity contribution in [1.29, 1.82) is 0 Å². The van der Waals surface area contributed by atoms with Gasteiger partial charge in [0.1, 0.15) is 0 Å². The van der Waals surface area contributed by atoms with E-state index in [1.54, 1.807) is 0 Å². The maximum Gasteiger partial charge on any atom is 0.201 e. The average molecular weight is 322 g/mol. The first-order chi connectivity index (χ1) is 10.8. The van der Waals surface area contributed by atoms with Crippen molar-refractivity contribution >= 4 is 11.6 Å². The largest absolute Gasteiger partial charge is 0.502 e. The highest BCUT2D eigenvalue weighted by Crippen LogP contribution is 2.48. The Kier molecular flexibility index (Phi) is 3.57. The molecule has 0 bridgehead atoms. The molecule has 2 unspecified atom stereocenters. The molecule has 0 radical (unpaired) electrons. The van der Waals surface area contributed by atoms with Gasteiger partial charge < -0.3 is 24.4 Å². The molecule has 1 fully saturated rings. The molecule has 1 aromatic rings. The summed E-state index contributed by atoms with van der Waals surface area (Å²) in [7, 11) is 2.65. The van der Waals surface area contributed by atoms with Gasteiger partial charge in [0.25, 0.3) is 0 Å². The Morgan fingerprint density at radius 3 is 2.52 bits per heavy atom. The second-order valence-electron chi connectivity index (χ2n) is 6.01. The van der Waals surface area contributed by atoms with Gasteiger partial charge in [-0.3, -0.25) is 9.59 Å². The Morgan fingerprint density at radius 2 is 1.91 bits per heavy atom. The summed E-state index contributed by atoms with van der Waals surface area (Å²) in [5.74, 6) is -3.78. The van der Waals surface area contributed by atoms with Gasteiger partial charge in [0.2, 0.25) is 5.75 Å². The fourth-order valence-corrected chi connectivity index (χ4v) is 3.33. The van der Waals surface area contributed by atoms with Crippen LogP contribution >= 0.6 is 0 Å². The summed E-state index contributed by atoms with van der Waals surface area (Å²) in [6.45, 7) is 1.41. The van der Waals surface area contributed by atoms with Crippen LogP contribution in [0.4, 0.5) is 0 Å². The SMILES string of the molecule is COc1cc2c(c(OC)c1O)C(=O)C1CO[C@@](C)(O)CC1C2=O. The van der Waals surface area contributed by atoms with Crippen molar-refractivity contribution in [3.63, 3.8) is 0 Å². The van der Waals surface area contributed by atoms with Crippen LogP contribution in [0, 0.1) is 11.8 Å². The molecule has 0 amide bonds. The molecular weight excluding hydrogens is 304 g/mol. The van der Waals surface area contributed by atoms with Crippen LogP contribution in [0.15, 0.2) is 6.07 Å². The normalized spacial score (nSPS) is 29.7. The quantitative estimate of drug-likeness (QED) is 0.842. The molecule has 7 nitrogen and oxygen atoms in total. The van der Waals surface area contributed by atoms with Crippen LogP contribution in [0.3, 0.4) is 0 Å². The minimum Gasteiger partial charge on any atom is -0.502 e. The summed E-state index contributed by atoms with van der Waals surface area (Å²) in [5.41, 5.74) is 0.183. The van der Waals surface area contributed by atoms with Crippen LogP contribution in [0.5, 0.6) is 17.2 Å². The van der Waals surface area contributed by atoms with Gasteiger partial charge >= 0.3 is 0 Å². The summed E-state index contributed by atoms with van der Waals surface area (Å²) in [5, 5.41) is 20.2. The predicted molar refractivity (Wildman–Crippen MR) is 78.0 cm³/mol. The summed E-state index contributed by atoms with van der Waals surface area (Å²) in [6.07, 6.45) is 0.0349. The summed E-state index contributed by atoms with van der Waals surface area (Å²) < 4.78 is 15.5. The third kappa shape index (κ3) is 2.27. The number of phenolic OH excluding ortho intramolecular Hbond substituents is 1. The molecule has 23 heavy (non-hydrogen) atoms. The molecule has 0 spiro atoms. The molecule has 7 heteroatoms. The van der Waals surface area contributed by atoms with E-state index < -0.39 is 17.6 Å². The Balaban J connectivity index is 2.19. The number of ether oxygens (including phenoxy) is 3. The Hall–Kier alpha value is -2.12. The van der Waals surface area contributed by atoms with E-state index >= 15 is 0 Å². The van der Waals surface area contributed by atoms with Gasteiger partial charge in [-0.2, -0.15) is 0 Å². The highest BCUT2D eigenvalue weighted by Gasteiger charge is 2.50. The number of rotatable bonds is 2. The molecule has 3 atom stereocenters. The maximum atomic E-state index is 12.8. The summed E-state index contributed by atoms with van der Waals surface area (Å²) in [6, 6.07) is 1.34. The van der Waals surface area contributed by atoms with E-state index in [2.05, 4.69) is 0 Å². The molecule has 1 aliphatic heterocycles. The van der Waals surface area contributed by atoms with E-state index in [0.29, 0.717) is 0 Å². The molecule has 124 valence electrons. The minimum atomic E-state index is -1.44. The van der Waals surface area contributed by atoms with E-state index in [9.17, 15) is 19.8 Å². The first-order valence-electron chi connectivity index (χ1n) is 7.23. The van der Waals surface area contributed by atoms with Crippen molar-refractivity contribution in [3.8, 4) is 17.2 Å². The lowest BCUT2D eigenvalue weighted by atomic mass is 9.70. The van der Waals surface area contributed by atoms with Gasteiger partial charge in [0.05, 0.1) is 32.3 Å². The van der Waals surface area contributed by atoms with E-state index in [1.165, 1.54) is 27.2 Å². The number of fused-ring (bicyclic) bond motifs is 2. The second kappa shape index (κ2) is 5.21. The second-order valence-corrected chi connectivity index (χ2v) is 6.01. The molecule has 3 rings (SSSR count). The lowest BCUT2D eigenvalue weighted by Gasteiger charge is -2.41. The van der Waals surface area contributed by atoms with Crippen LogP contribution in [0.2, 0.25) is 0 Å². The van der Waals surface area contributed by atoms with Gasteiger partial charge in [-0.05, 0) is 13.0 Å². The fraction of sp³-hybridized carbons (Fsp3) is 0.500. The number of carbonyl (C=O) groups is 2. The number of aromatic hydroxyl groups is 1. The molecule has 1 saturated heterocycles. The van der Waals surface area contributed by atoms with Gasteiger partial charge in [-0.25, -0.2) is 0 Å². The lowest BCUT2D eigenvalue weighted by molar-refractivity contribution is -0.227. The first-order valence-corrected chi connectivity index (χ1v) is 7.23. The van der Waals surface area contributed by atoms with E-state index in [4.69, 9.17) is 14.2 Å². The number of carbonyl (C=O) groups excluding carboxylic acids is 2. The minimum absolute atomic E-state index is 0.0349. The Morgan fingerprint density at radius 1 is 1.22 bits per heavy atom. The number of aliphatic hydroxyl groups is 1. The number of hydrogen-bond acceptors (Lipinski definition) is 7. The average Bonchev–Trinajstić information content (AvgIpc) is 2.51. The van der Waals surface area contributed by atoms with Crippen LogP contribution in [0.1, 0.15) is 34.1 Å². The smallest absolute Gasteiger partial charge is 0.201 e. The van der Waals surface area contributed by atoms with Crippen LogP contribution in [-0.4, -0.2) is 48.4 Å². The van der Waals surface area contributed by atoms with Crippen molar-refractivity contribution in [1.82, 2.24) is 0 Å². The molecule has 0 aromatic heterocycles. The zero-order valence-corrected chi connectivity index (χ0v) is 13.1. The third-order valence-electron chi connectivity index (χ3n) is 4.49. The lowest BCUT2D eigenvalue weighted by Crippen LogP contribution is -2.50. The van der Waals surface area contributed by atoms with E-state index in [0.717, 1.165) is 0 Å². The Labute approximate surface area is 132 Å². The number of benzene rings is 1. The van der Waals surface area contributed by atoms with Crippen molar-refractivity contribution < 1.29 is 34.0 Å². The van der Waals surface area contributed by atoms with Gasteiger partial charge in [-0.1, -0.05) is 0 Å². The van der Waals surface area contributed by atoms with Crippen molar-refractivity contribution in [2.45, 2.75) is 19.1 Å². The van der Waals surface area contributed by atoms with Gasteiger partial charge in [0, 0.05) is 17.9 Å². The number of hydrogen-bond donors (Lipinski definition) is 2. The van der Waals surface area contributed by atoms with Crippen molar-refractivity contribution in [3.05, 3.63) is 17.2 Å². The van der Waals surface area contributed by atoms with Crippen molar-refractivity contribution in [2.75, 3.05) is 20.8 Å². The molecular formula is C16H18O7. The molecule has 2 aliphatic rings. The zero-order chi connectivity index (χ0) is 16.9. The maximum absolute atomic E-state index is 12.8. The van der Waals surface area contributed by atoms with E-state index in [1.807, 2.05) is 0 Å². The molecule has 1 aliphatic carbocycles. The van der Waals surface area contributed by atoms with Crippen molar-refractivity contribution in [2.24, 2.45) is 11.8 Å². The van der Waals surface area contributed by atoms with E-state index in [-0.39, 0.29) is 53.0 Å². The predicted octanol–water partition coefficient (Wildman–Crippen LogP) is 1.15. The summed E-state index contributed by atoms with van der Waals surface area (Å²) >= 11 is 0. The number of Topliss-reactive ketones (excluding diaryl/α,β-unsaturated/α-hetero) is 2. The molecule has 1 aromatic carbocycles. The monoisotopic (exact) mass is 322 g/mol. The van der Waals surface area contributed by atoms with Gasteiger partial charge in [-0.15, -0.1) is 0 Å². The standard InChI is InChI=1S/C16H18O7/c1-16(20)5-8-9(6-23-16)13(18)11-7(12(8)17)4-10(21-2)14(19)15(11)22-3/h4,8-9,19-20H,5-6H2,1-3H3/t8?,9?,16-/m1/s1. The first kappa shape index (κ1) is 15.8. The van der Waals surface area contributed by atoms with Crippen LogP contribution in [0.25, 0.3) is 0 Å². The highest BCUT2D eigenvalue weighted by molar-refractivity contribution is 6.18. The molecule has 1 heterocycles. The van der Waals surface area contributed by atoms with Crippen LogP contribution in [-0.2, 0) is 4.74 Å².